The normalized spacial score (nSPS) is 16.0. The summed E-state index contributed by atoms with van der Waals surface area (Å²) in [4.78, 5) is 24.6. The van der Waals surface area contributed by atoms with Crippen LogP contribution >= 0.6 is 0 Å². The molecular weight excluding hydrogens is 378 g/mol. The summed E-state index contributed by atoms with van der Waals surface area (Å²) in [6.45, 7) is 2.96. The Morgan fingerprint density at radius 1 is 0.867 bits per heavy atom. The molecule has 0 spiro atoms. The maximum absolute atomic E-state index is 12.4. The minimum atomic E-state index is -0.748. The highest BCUT2D eigenvalue weighted by Gasteiger charge is 2.35. The number of ether oxygens (including phenoxy) is 1. The third-order valence-corrected chi connectivity index (χ3v) is 5.33. The van der Waals surface area contributed by atoms with Gasteiger partial charge in [-0.25, -0.2) is 0 Å². The standard InChI is InChI=1S/C24H19N3O3/c1-15(28)26-14-21(19-11-5-6-13-22(19)26)24-27(16(2)29)25-23(30-24)20-12-7-9-17-8-3-4-10-18(17)20/h3-14,24H,1-2H3/t24-/m1/s1. The summed E-state index contributed by atoms with van der Waals surface area (Å²) in [6.07, 6.45) is 0.983. The molecule has 0 N–H and O–H groups in total. The predicted molar refractivity (Wildman–Crippen MR) is 115 cm³/mol. The third-order valence-electron chi connectivity index (χ3n) is 5.33. The minimum absolute atomic E-state index is 0.111. The molecule has 6 heteroatoms. The number of hydrazone groups is 1. The molecule has 0 saturated carbocycles. The van der Waals surface area contributed by atoms with E-state index in [9.17, 15) is 9.59 Å². The second kappa shape index (κ2) is 6.84. The molecule has 1 aliphatic rings. The number of carbonyl (C=O) groups is 2. The zero-order chi connectivity index (χ0) is 20.8. The van der Waals surface area contributed by atoms with Gasteiger partial charge in [0, 0.05) is 36.6 Å². The summed E-state index contributed by atoms with van der Waals surface area (Å²) in [5.74, 6) is 0.0292. The molecule has 0 aliphatic carbocycles. The lowest BCUT2D eigenvalue weighted by atomic mass is 10.0. The van der Waals surface area contributed by atoms with Crippen molar-refractivity contribution < 1.29 is 14.3 Å². The molecule has 0 saturated heterocycles. The molecule has 148 valence electrons. The quantitative estimate of drug-likeness (QED) is 0.493. The van der Waals surface area contributed by atoms with Gasteiger partial charge >= 0.3 is 0 Å². The van der Waals surface area contributed by atoms with Crippen molar-refractivity contribution in [2.75, 3.05) is 0 Å². The van der Waals surface area contributed by atoms with Crippen molar-refractivity contribution >= 4 is 39.4 Å². The minimum Gasteiger partial charge on any atom is -0.446 e. The lowest BCUT2D eigenvalue weighted by Crippen LogP contribution is -2.25. The predicted octanol–water partition coefficient (Wildman–Crippen LogP) is 4.69. The molecule has 0 unspecified atom stereocenters. The highest BCUT2D eigenvalue weighted by Crippen LogP contribution is 2.36. The molecule has 2 heterocycles. The topological polar surface area (TPSA) is 63.9 Å². The lowest BCUT2D eigenvalue weighted by molar-refractivity contribution is -0.135. The number of fused-ring (bicyclic) bond motifs is 2. The molecule has 3 aromatic carbocycles. The molecular formula is C24H19N3O3. The van der Waals surface area contributed by atoms with E-state index in [1.165, 1.54) is 18.9 Å². The average Bonchev–Trinajstić information content (AvgIpc) is 3.35. The molecule has 4 aromatic rings. The fourth-order valence-corrected chi connectivity index (χ4v) is 3.95. The number of para-hydroxylation sites is 1. The highest BCUT2D eigenvalue weighted by molar-refractivity contribution is 6.08. The van der Waals surface area contributed by atoms with Crippen LogP contribution in [-0.4, -0.2) is 27.3 Å². The van der Waals surface area contributed by atoms with Crippen molar-refractivity contribution in [3.8, 4) is 0 Å². The van der Waals surface area contributed by atoms with Gasteiger partial charge in [0.25, 0.3) is 0 Å². The smallest absolute Gasteiger partial charge is 0.243 e. The van der Waals surface area contributed by atoms with Gasteiger partial charge in [-0.15, -0.1) is 5.10 Å². The van der Waals surface area contributed by atoms with E-state index >= 15 is 0 Å². The molecule has 0 fully saturated rings. The average molecular weight is 397 g/mol. The Labute approximate surface area is 173 Å². The molecule has 1 aliphatic heterocycles. The number of aromatic nitrogens is 1. The number of nitrogens with zero attached hydrogens (tertiary/aromatic N) is 3. The first kappa shape index (κ1) is 18.1. The van der Waals surface area contributed by atoms with Crippen molar-refractivity contribution in [1.29, 1.82) is 0 Å². The first-order valence-electron chi connectivity index (χ1n) is 9.68. The first-order chi connectivity index (χ1) is 14.5. The van der Waals surface area contributed by atoms with Gasteiger partial charge in [0.1, 0.15) is 0 Å². The number of hydrogen-bond donors (Lipinski definition) is 0. The summed E-state index contributed by atoms with van der Waals surface area (Å²) in [6, 6.07) is 21.4. The molecule has 1 amide bonds. The van der Waals surface area contributed by atoms with Crippen molar-refractivity contribution in [3.63, 3.8) is 0 Å². The van der Waals surface area contributed by atoms with Gasteiger partial charge in [-0.05, 0) is 22.9 Å². The summed E-state index contributed by atoms with van der Waals surface area (Å²) in [5.41, 5.74) is 2.30. The maximum Gasteiger partial charge on any atom is 0.243 e. The zero-order valence-corrected chi connectivity index (χ0v) is 16.6. The van der Waals surface area contributed by atoms with Crippen LogP contribution in [-0.2, 0) is 9.53 Å². The van der Waals surface area contributed by atoms with Gasteiger partial charge in [-0.1, -0.05) is 54.6 Å². The van der Waals surface area contributed by atoms with Crippen molar-refractivity contribution in [2.45, 2.75) is 20.1 Å². The summed E-state index contributed by atoms with van der Waals surface area (Å²) >= 11 is 0. The second-order valence-corrected chi connectivity index (χ2v) is 7.26. The fraction of sp³-hybridized carbons (Fsp3) is 0.125. The number of carbonyl (C=O) groups excluding carboxylic acids is 2. The second-order valence-electron chi connectivity index (χ2n) is 7.26. The van der Waals surface area contributed by atoms with Crippen LogP contribution in [0.3, 0.4) is 0 Å². The Balaban J connectivity index is 1.64. The highest BCUT2D eigenvalue weighted by atomic mass is 16.5. The molecule has 1 aromatic heterocycles. The zero-order valence-electron chi connectivity index (χ0n) is 16.6. The third kappa shape index (κ3) is 2.76. The number of rotatable bonds is 2. The maximum atomic E-state index is 12.4. The van der Waals surface area contributed by atoms with Crippen LogP contribution in [0.5, 0.6) is 0 Å². The largest absolute Gasteiger partial charge is 0.446 e. The van der Waals surface area contributed by atoms with Crippen LogP contribution in [0.15, 0.2) is 78.0 Å². The SMILES string of the molecule is CC(=O)N1N=C(c2cccc3ccccc23)O[C@@H]1c1cn(C(C)=O)c2ccccc12. The van der Waals surface area contributed by atoms with Crippen LogP contribution in [0.4, 0.5) is 0 Å². The van der Waals surface area contributed by atoms with E-state index in [0.29, 0.717) is 5.90 Å². The van der Waals surface area contributed by atoms with E-state index in [4.69, 9.17) is 4.74 Å². The Morgan fingerprint density at radius 2 is 1.57 bits per heavy atom. The van der Waals surface area contributed by atoms with Crippen LogP contribution in [0.2, 0.25) is 0 Å². The Hall–Kier alpha value is -3.93. The van der Waals surface area contributed by atoms with Crippen molar-refractivity contribution in [3.05, 3.63) is 84.1 Å². The molecule has 30 heavy (non-hydrogen) atoms. The van der Waals surface area contributed by atoms with Gasteiger partial charge in [-0.3, -0.25) is 14.2 Å². The Bertz CT molecular complexity index is 1350. The van der Waals surface area contributed by atoms with E-state index in [1.807, 2.05) is 66.7 Å². The fourth-order valence-electron chi connectivity index (χ4n) is 3.95. The van der Waals surface area contributed by atoms with E-state index in [0.717, 1.165) is 32.8 Å². The summed E-state index contributed by atoms with van der Waals surface area (Å²) in [5, 5.41) is 8.75. The van der Waals surface area contributed by atoms with Gasteiger partial charge in [-0.2, -0.15) is 5.01 Å². The van der Waals surface area contributed by atoms with Gasteiger partial charge in [0.05, 0.1) is 5.52 Å². The first-order valence-corrected chi connectivity index (χ1v) is 9.68. The van der Waals surface area contributed by atoms with Crippen molar-refractivity contribution in [2.24, 2.45) is 5.10 Å². The Kier molecular flexibility index (Phi) is 4.13. The molecule has 5 rings (SSSR count). The number of amides is 1. The van der Waals surface area contributed by atoms with E-state index in [1.54, 1.807) is 10.8 Å². The van der Waals surface area contributed by atoms with Gasteiger partial charge < -0.3 is 4.74 Å². The van der Waals surface area contributed by atoms with Crippen LogP contribution in [0, 0.1) is 0 Å². The van der Waals surface area contributed by atoms with E-state index in [2.05, 4.69) is 5.10 Å². The van der Waals surface area contributed by atoms with E-state index < -0.39 is 6.23 Å². The molecule has 1 atom stereocenters. The number of hydrogen-bond acceptors (Lipinski definition) is 4. The lowest BCUT2D eigenvalue weighted by Gasteiger charge is -2.18. The van der Waals surface area contributed by atoms with Crippen LogP contribution in [0.25, 0.3) is 21.7 Å². The summed E-state index contributed by atoms with van der Waals surface area (Å²) < 4.78 is 7.82. The molecule has 6 nitrogen and oxygen atoms in total. The van der Waals surface area contributed by atoms with Crippen molar-refractivity contribution in [1.82, 2.24) is 9.58 Å². The van der Waals surface area contributed by atoms with Gasteiger partial charge in [0.15, 0.2) is 0 Å². The molecule has 0 radical (unpaired) electrons. The van der Waals surface area contributed by atoms with Crippen LogP contribution < -0.4 is 0 Å². The Morgan fingerprint density at radius 3 is 2.33 bits per heavy atom. The monoisotopic (exact) mass is 397 g/mol. The van der Waals surface area contributed by atoms with Crippen LogP contribution in [0.1, 0.15) is 36.0 Å². The molecule has 0 bridgehead atoms. The van der Waals surface area contributed by atoms with E-state index in [-0.39, 0.29) is 11.8 Å². The van der Waals surface area contributed by atoms with Gasteiger partial charge in [0.2, 0.25) is 23.9 Å². The summed E-state index contributed by atoms with van der Waals surface area (Å²) in [7, 11) is 0. The number of benzene rings is 3.